The van der Waals surface area contributed by atoms with E-state index in [1.807, 2.05) is 0 Å². The summed E-state index contributed by atoms with van der Waals surface area (Å²) in [6.07, 6.45) is 2.06. The molecule has 0 bridgehead atoms. The molecule has 0 saturated carbocycles. The van der Waals surface area contributed by atoms with Crippen molar-refractivity contribution < 1.29 is 18.8 Å². The minimum atomic E-state index is -0.836. The van der Waals surface area contributed by atoms with E-state index in [9.17, 15) is 18.8 Å². The number of Topliss-reactive ketones (excluding diaryl/α,β-unsaturated/α-hetero) is 1. The lowest BCUT2D eigenvalue weighted by atomic mass is 9.99. The fraction of sp³-hybridized carbons (Fsp3) is 0.261. The number of hydrogen-bond acceptors (Lipinski definition) is 4. The number of fused-ring (bicyclic) bond motifs is 1. The van der Waals surface area contributed by atoms with Crippen LogP contribution in [0.3, 0.4) is 0 Å². The van der Waals surface area contributed by atoms with Crippen molar-refractivity contribution in [1.82, 2.24) is 9.47 Å². The maximum absolute atomic E-state index is 14.2. The third kappa shape index (κ3) is 4.42. The average molecular weight is 472 g/mol. The molecular formula is C23H23ClFN5O3. The van der Waals surface area contributed by atoms with Crippen molar-refractivity contribution in [3.8, 4) is 0 Å². The number of aryl methyl sites for hydroxylation is 1. The Morgan fingerprint density at radius 2 is 1.91 bits per heavy atom. The van der Waals surface area contributed by atoms with Crippen LogP contribution in [0.1, 0.15) is 18.4 Å². The van der Waals surface area contributed by atoms with Gasteiger partial charge in [0, 0.05) is 30.6 Å². The number of rotatable bonds is 5. The molecular weight excluding hydrogens is 449 g/mol. The molecule has 1 aliphatic rings. The predicted octanol–water partition coefficient (Wildman–Crippen LogP) is 3.50. The number of halogens is 2. The smallest absolute Gasteiger partial charge is 0.323 e. The van der Waals surface area contributed by atoms with Crippen LogP contribution in [0, 0.1) is 5.82 Å². The highest BCUT2D eigenvalue weighted by molar-refractivity contribution is 6.30. The van der Waals surface area contributed by atoms with Crippen molar-refractivity contribution in [2.24, 2.45) is 11.5 Å². The van der Waals surface area contributed by atoms with Crippen LogP contribution in [0.2, 0.25) is 5.02 Å². The van der Waals surface area contributed by atoms with Gasteiger partial charge in [0.05, 0.1) is 16.2 Å². The number of carbonyl (C=O) groups excluding carboxylic acids is 3. The Labute approximate surface area is 194 Å². The van der Waals surface area contributed by atoms with Crippen LogP contribution >= 0.6 is 11.6 Å². The minimum absolute atomic E-state index is 0.00588. The monoisotopic (exact) mass is 471 g/mol. The molecule has 2 heterocycles. The number of para-hydroxylation sites is 1. The predicted molar refractivity (Wildman–Crippen MR) is 124 cm³/mol. The first-order valence-corrected chi connectivity index (χ1v) is 10.8. The van der Waals surface area contributed by atoms with E-state index in [0.29, 0.717) is 35.1 Å². The number of hydrogen-bond donors (Lipinski definition) is 3. The van der Waals surface area contributed by atoms with E-state index in [0.717, 1.165) is 0 Å². The van der Waals surface area contributed by atoms with Crippen molar-refractivity contribution in [2.45, 2.75) is 31.3 Å². The van der Waals surface area contributed by atoms with E-state index in [1.54, 1.807) is 36.4 Å². The Morgan fingerprint density at radius 1 is 1.15 bits per heavy atom. The van der Waals surface area contributed by atoms with Crippen molar-refractivity contribution in [2.75, 3.05) is 11.9 Å². The number of ketones is 1. The number of anilines is 1. The number of nitrogens with zero attached hydrogens (tertiary/aromatic N) is 2. The molecule has 1 fully saturated rings. The van der Waals surface area contributed by atoms with Crippen LogP contribution in [0.25, 0.3) is 10.9 Å². The highest BCUT2D eigenvalue weighted by Gasteiger charge is 2.39. The third-order valence-electron chi connectivity index (χ3n) is 5.90. The lowest BCUT2D eigenvalue weighted by Crippen LogP contribution is -2.49. The summed E-state index contributed by atoms with van der Waals surface area (Å²) in [7, 11) is 0. The molecule has 0 unspecified atom stereocenters. The Balaban J connectivity index is 1.51. The van der Waals surface area contributed by atoms with Gasteiger partial charge in [0.15, 0.2) is 5.78 Å². The van der Waals surface area contributed by atoms with Crippen molar-refractivity contribution in [3.05, 3.63) is 65.1 Å². The lowest BCUT2D eigenvalue weighted by Gasteiger charge is -2.26. The first-order valence-electron chi connectivity index (χ1n) is 10.5. The first kappa shape index (κ1) is 22.8. The van der Waals surface area contributed by atoms with Gasteiger partial charge < -0.3 is 21.7 Å². The summed E-state index contributed by atoms with van der Waals surface area (Å²) in [4.78, 5) is 39.2. The number of aromatic nitrogens is 1. The first-order chi connectivity index (χ1) is 15.8. The van der Waals surface area contributed by atoms with Gasteiger partial charge in [0.25, 0.3) is 0 Å². The molecule has 0 radical (unpaired) electrons. The van der Waals surface area contributed by atoms with Crippen molar-refractivity contribution >= 4 is 46.0 Å². The van der Waals surface area contributed by atoms with Gasteiger partial charge in [-0.2, -0.15) is 0 Å². The standard InChI is InChI=1S/C23H23ClFN5O3/c24-15-6-3-4-13(20(15)25)8-9-19(31)21-16(26)10-11-29(21)23(33)28-17-12-30(22(27)32)18-7-2-1-5-14(17)18/h1-7,12,16,21H,8-11,26H2,(H2,27,32)(H,28,33)/t16-,21+/m1/s1. The zero-order chi connectivity index (χ0) is 23.7. The molecule has 172 valence electrons. The average Bonchev–Trinajstić information content (AvgIpc) is 3.35. The van der Waals surface area contributed by atoms with E-state index in [4.69, 9.17) is 23.1 Å². The van der Waals surface area contributed by atoms with Gasteiger partial charge in [-0.05, 0) is 30.5 Å². The van der Waals surface area contributed by atoms with Crippen molar-refractivity contribution in [1.29, 1.82) is 0 Å². The van der Waals surface area contributed by atoms with Crippen LogP contribution in [0.4, 0.5) is 19.7 Å². The summed E-state index contributed by atoms with van der Waals surface area (Å²) >= 11 is 5.81. The SMILES string of the molecule is NC(=O)n1cc(NC(=O)N2CC[C@@H](N)[C@H]2C(=O)CCc2cccc(Cl)c2F)c2ccccc21. The van der Waals surface area contributed by atoms with Gasteiger partial charge in [0.2, 0.25) is 0 Å². The van der Waals surface area contributed by atoms with E-state index in [2.05, 4.69) is 5.32 Å². The molecule has 0 aliphatic carbocycles. The molecule has 2 atom stereocenters. The fourth-order valence-electron chi connectivity index (χ4n) is 4.25. The quantitative estimate of drug-likeness (QED) is 0.526. The third-order valence-corrected chi connectivity index (χ3v) is 6.19. The van der Waals surface area contributed by atoms with Crippen LogP contribution < -0.4 is 16.8 Å². The maximum atomic E-state index is 14.2. The van der Waals surface area contributed by atoms with Crippen LogP contribution in [0.15, 0.2) is 48.7 Å². The summed E-state index contributed by atoms with van der Waals surface area (Å²) < 4.78 is 15.4. The van der Waals surface area contributed by atoms with E-state index in [-0.39, 0.29) is 23.6 Å². The van der Waals surface area contributed by atoms with E-state index < -0.39 is 30.0 Å². The van der Waals surface area contributed by atoms with Gasteiger partial charge in [0.1, 0.15) is 11.9 Å². The summed E-state index contributed by atoms with van der Waals surface area (Å²) in [5.74, 6) is -0.808. The van der Waals surface area contributed by atoms with Crippen LogP contribution in [-0.2, 0) is 11.2 Å². The molecule has 1 aliphatic heterocycles. The number of amides is 3. The molecule has 0 spiro atoms. The van der Waals surface area contributed by atoms with Crippen LogP contribution in [0.5, 0.6) is 0 Å². The van der Waals surface area contributed by atoms with Crippen molar-refractivity contribution in [3.63, 3.8) is 0 Å². The number of nitrogens with two attached hydrogens (primary N) is 2. The second-order valence-corrected chi connectivity index (χ2v) is 8.38. The molecule has 5 N–H and O–H groups in total. The lowest BCUT2D eigenvalue weighted by molar-refractivity contribution is -0.122. The number of likely N-dealkylation sites (tertiary alicyclic amines) is 1. The van der Waals surface area contributed by atoms with Gasteiger partial charge in [-0.1, -0.05) is 41.9 Å². The number of urea groups is 1. The summed E-state index contributed by atoms with van der Waals surface area (Å²) in [6, 6.07) is 9.06. The normalized spacial score (nSPS) is 18.0. The molecule has 2 aromatic carbocycles. The molecule has 1 saturated heterocycles. The van der Waals surface area contributed by atoms with Crippen LogP contribution in [-0.4, -0.2) is 45.9 Å². The van der Waals surface area contributed by atoms with Gasteiger partial charge in [-0.25, -0.2) is 14.0 Å². The second kappa shape index (κ2) is 9.21. The Hall–Kier alpha value is -3.43. The number of nitrogens with one attached hydrogen (secondary N) is 1. The molecule has 8 nitrogen and oxygen atoms in total. The zero-order valence-corrected chi connectivity index (χ0v) is 18.4. The number of carbonyl (C=O) groups is 3. The molecule has 4 rings (SSSR count). The van der Waals surface area contributed by atoms with Gasteiger partial charge in [-0.3, -0.25) is 9.36 Å². The second-order valence-electron chi connectivity index (χ2n) is 7.97. The summed E-state index contributed by atoms with van der Waals surface area (Å²) in [5.41, 5.74) is 12.9. The maximum Gasteiger partial charge on any atom is 0.323 e. The van der Waals surface area contributed by atoms with E-state index in [1.165, 1.54) is 21.7 Å². The minimum Gasteiger partial charge on any atom is -0.351 e. The number of primary amides is 1. The molecule has 3 amide bonds. The molecule has 1 aromatic heterocycles. The topological polar surface area (TPSA) is 123 Å². The molecule has 3 aromatic rings. The highest BCUT2D eigenvalue weighted by Crippen LogP contribution is 2.28. The number of benzene rings is 2. The Bertz CT molecular complexity index is 1240. The molecule has 33 heavy (non-hydrogen) atoms. The Kier molecular flexibility index (Phi) is 6.35. The largest absolute Gasteiger partial charge is 0.351 e. The fourth-order valence-corrected chi connectivity index (χ4v) is 4.45. The van der Waals surface area contributed by atoms with Gasteiger partial charge in [-0.15, -0.1) is 0 Å². The van der Waals surface area contributed by atoms with E-state index >= 15 is 0 Å². The van der Waals surface area contributed by atoms with Gasteiger partial charge >= 0.3 is 12.1 Å². The zero-order valence-electron chi connectivity index (χ0n) is 17.6. The summed E-state index contributed by atoms with van der Waals surface area (Å²) in [5, 5.41) is 3.40. The highest BCUT2D eigenvalue weighted by atomic mass is 35.5. The summed E-state index contributed by atoms with van der Waals surface area (Å²) in [6.45, 7) is 0.295. The Morgan fingerprint density at radius 3 is 2.67 bits per heavy atom. The molecule has 10 heteroatoms.